The predicted octanol–water partition coefficient (Wildman–Crippen LogP) is 0.956. The number of carboxylic acids is 1. The largest absolute Gasteiger partial charge is 0.480 e. The number of β-amino-alcohol motifs (C(OH)–C–C–N with tert-alkyl or cyclic N) is 1. The Morgan fingerprint density at radius 1 is 1.30 bits per heavy atom. The minimum Gasteiger partial charge on any atom is -0.480 e. The molecule has 0 amide bonds. The topological polar surface area (TPSA) is 94.9 Å². The average Bonchev–Trinajstić information content (AvgIpc) is 3.09. The van der Waals surface area contributed by atoms with Gasteiger partial charge in [-0.1, -0.05) is 24.3 Å². The highest BCUT2D eigenvalue weighted by molar-refractivity contribution is 7.89. The van der Waals surface area contributed by atoms with E-state index in [2.05, 4.69) is 6.07 Å². The number of carbonyl (C=O) groups is 1. The summed E-state index contributed by atoms with van der Waals surface area (Å²) in [7, 11) is -3.68. The van der Waals surface area contributed by atoms with Crippen LogP contribution >= 0.6 is 0 Å². The van der Waals surface area contributed by atoms with Crippen LogP contribution in [-0.2, 0) is 21.2 Å². The number of sulfonamides is 1. The van der Waals surface area contributed by atoms with E-state index in [1.54, 1.807) is 0 Å². The number of aliphatic hydroxyl groups excluding tert-OH is 1. The molecule has 2 unspecified atom stereocenters. The minimum atomic E-state index is -3.68. The lowest BCUT2D eigenvalue weighted by Gasteiger charge is -2.21. The van der Waals surface area contributed by atoms with Gasteiger partial charge in [0.1, 0.15) is 6.04 Å². The molecule has 0 saturated carbocycles. The number of carboxylic acid groups (broad SMARTS) is 1. The maximum Gasteiger partial charge on any atom is 0.322 e. The molecule has 126 valence electrons. The second kappa shape index (κ2) is 6.22. The van der Waals surface area contributed by atoms with Gasteiger partial charge in [-0.2, -0.15) is 4.31 Å². The van der Waals surface area contributed by atoms with Gasteiger partial charge in [0.2, 0.25) is 10.0 Å². The Morgan fingerprint density at radius 3 is 2.78 bits per heavy atom. The highest BCUT2D eigenvalue weighted by Gasteiger charge is 2.42. The van der Waals surface area contributed by atoms with Gasteiger partial charge in [0, 0.05) is 13.0 Å². The first-order valence-electron chi connectivity index (χ1n) is 7.86. The molecule has 1 aromatic rings. The molecule has 6 nitrogen and oxygen atoms in total. The maximum absolute atomic E-state index is 12.5. The van der Waals surface area contributed by atoms with Crippen molar-refractivity contribution in [2.75, 3.05) is 12.3 Å². The lowest BCUT2D eigenvalue weighted by Crippen LogP contribution is -2.41. The van der Waals surface area contributed by atoms with Crippen molar-refractivity contribution in [1.29, 1.82) is 0 Å². The van der Waals surface area contributed by atoms with E-state index in [1.165, 1.54) is 11.1 Å². The number of aliphatic hydroxyl groups is 1. The summed E-state index contributed by atoms with van der Waals surface area (Å²) in [4.78, 5) is 11.2. The molecule has 3 atom stereocenters. The third-order valence-electron chi connectivity index (χ3n) is 4.86. The first kappa shape index (κ1) is 16.4. The summed E-state index contributed by atoms with van der Waals surface area (Å²) in [5.74, 6) is -1.07. The Labute approximate surface area is 135 Å². The van der Waals surface area contributed by atoms with Crippen LogP contribution in [0, 0.1) is 0 Å². The summed E-state index contributed by atoms with van der Waals surface area (Å²) in [6, 6.07) is 6.91. The molecule has 1 fully saturated rings. The van der Waals surface area contributed by atoms with E-state index in [-0.39, 0.29) is 24.6 Å². The fourth-order valence-electron chi connectivity index (χ4n) is 3.67. The van der Waals surface area contributed by atoms with Crippen molar-refractivity contribution in [3.63, 3.8) is 0 Å². The number of benzene rings is 1. The smallest absolute Gasteiger partial charge is 0.322 e. The van der Waals surface area contributed by atoms with Crippen molar-refractivity contribution in [3.8, 4) is 0 Å². The van der Waals surface area contributed by atoms with E-state index in [1.807, 2.05) is 18.2 Å². The van der Waals surface area contributed by atoms with Crippen LogP contribution < -0.4 is 0 Å². The number of fused-ring (bicyclic) bond motifs is 1. The Bertz CT molecular complexity index is 702. The molecule has 3 rings (SSSR count). The van der Waals surface area contributed by atoms with Gasteiger partial charge in [0.15, 0.2) is 0 Å². The summed E-state index contributed by atoms with van der Waals surface area (Å²) < 4.78 is 26.0. The van der Waals surface area contributed by atoms with Gasteiger partial charge in [-0.25, -0.2) is 8.42 Å². The van der Waals surface area contributed by atoms with Crippen LogP contribution in [0.2, 0.25) is 0 Å². The van der Waals surface area contributed by atoms with Crippen LogP contribution in [-0.4, -0.2) is 53.3 Å². The van der Waals surface area contributed by atoms with Gasteiger partial charge in [0.05, 0.1) is 11.9 Å². The molecule has 1 aliphatic carbocycles. The van der Waals surface area contributed by atoms with Crippen LogP contribution in [0.3, 0.4) is 0 Å². The molecule has 7 heteroatoms. The summed E-state index contributed by atoms with van der Waals surface area (Å²) in [5.41, 5.74) is 2.48. The first-order valence-corrected chi connectivity index (χ1v) is 9.47. The summed E-state index contributed by atoms with van der Waals surface area (Å²) in [6.45, 7) is -0.124. The van der Waals surface area contributed by atoms with Crippen molar-refractivity contribution >= 4 is 16.0 Å². The fourth-order valence-corrected chi connectivity index (χ4v) is 5.45. The molecule has 1 aromatic carbocycles. The monoisotopic (exact) mass is 339 g/mol. The van der Waals surface area contributed by atoms with Gasteiger partial charge < -0.3 is 10.2 Å². The number of hydrogen-bond acceptors (Lipinski definition) is 4. The highest BCUT2D eigenvalue weighted by atomic mass is 32.2. The standard InChI is InChI=1S/C16H21NO5S/c18-13-9-15(16(19)20)17(10-13)23(21,22)8-7-12-6-5-11-3-1-2-4-14(11)12/h1-4,12-13,15,18H,5-10H2,(H,19,20)/t12?,13?,15-/m0/s1. The molecular weight excluding hydrogens is 318 g/mol. The average molecular weight is 339 g/mol. The van der Waals surface area contributed by atoms with Crippen molar-refractivity contribution in [2.45, 2.75) is 43.7 Å². The van der Waals surface area contributed by atoms with Crippen molar-refractivity contribution in [2.24, 2.45) is 0 Å². The number of rotatable bonds is 5. The summed E-state index contributed by atoms with van der Waals surface area (Å²) >= 11 is 0. The molecule has 0 spiro atoms. The van der Waals surface area contributed by atoms with E-state index in [0.717, 1.165) is 17.1 Å². The molecule has 1 heterocycles. The minimum absolute atomic E-state index is 0.0408. The zero-order valence-corrected chi connectivity index (χ0v) is 13.6. The third kappa shape index (κ3) is 3.27. The van der Waals surface area contributed by atoms with E-state index in [9.17, 15) is 18.3 Å². The lowest BCUT2D eigenvalue weighted by molar-refractivity contribution is -0.140. The van der Waals surface area contributed by atoms with Gasteiger partial charge in [-0.15, -0.1) is 0 Å². The maximum atomic E-state index is 12.5. The van der Waals surface area contributed by atoms with Crippen molar-refractivity contribution in [1.82, 2.24) is 4.31 Å². The molecule has 23 heavy (non-hydrogen) atoms. The number of aliphatic carboxylic acids is 1. The van der Waals surface area contributed by atoms with Crippen molar-refractivity contribution < 1.29 is 23.4 Å². The predicted molar refractivity (Wildman–Crippen MR) is 84.7 cm³/mol. The van der Waals surface area contributed by atoms with Crippen LogP contribution in [0.15, 0.2) is 24.3 Å². The number of nitrogens with zero attached hydrogens (tertiary/aromatic N) is 1. The normalized spacial score (nSPS) is 28.0. The molecular formula is C16H21NO5S. The molecule has 2 N–H and O–H groups in total. The zero-order valence-electron chi connectivity index (χ0n) is 12.8. The van der Waals surface area contributed by atoms with E-state index in [0.29, 0.717) is 6.42 Å². The lowest BCUT2D eigenvalue weighted by atomic mass is 9.99. The molecule has 1 aliphatic heterocycles. The molecule has 0 radical (unpaired) electrons. The Morgan fingerprint density at radius 2 is 2.04 bits per heavy atom. The summed E-state index contributed by atoms with van der Waals surface area (Å²) in [6.07, 6.45) is 1.43. The fraction of sp³-hybridized carbons (Fsp3) is 0.562. The van der Waals surface area contributed by atoms with E-state index < -0.39 is 28.1 Å². The van der Waals surface area contributed by atoms with Gasteiger partial charge in [0.25, 0.3) is 0 Å². The van der Waals surface area contributed by atoms with Crippen molar-refractivity contribution in [3.05, 3.63) is 35.4 Å². The Kier molecular flexibility index (Phi) is 4.44. The third-order valence-corrected chi connectivity index (χ3v) is 6.73. The van der Waals surface area contributed by atoms with Gasteiger partial charge >= 0.3 is 5.97 Å². The molecule has 1 saturated heterocycles. The molecule has 2 aliphatic rings. The second-order valence-corrected chi connectivity index (χ2v) is 8.39. The SMILES string of the molecule is O=C(O)[C@@H]1CC(O)CN1S(=O)(=O)CCC1CCc2ccccc21. The number of aryl methyl sites for hydroxylation is 1. The quantitative estimate of drug-likeness (QED) is 0.833. The molecule has 0 aromatic heterocycles. The van der Waals surface area contributed by atoms with Crippen LogP contribution in [0.5, 0.6) is 0 Å². The highest BCUT2D eigenvalue weighted by Crippen LogP contribution is 2.36. The van der Waals surface area contributed by atoms with Crippen LogP contribution in [0.4, 0.5) is 0 Å². The van der Waals surface area contributed by atoms with Gasteiger partial charge in [-0.05, 0) is 36.3 Å². The Hall–Kier alpha value is -1.44. The van der Waals surface area contributed by atoms with Crippen LogP contribution in [0.1, 0.15) is 36.3 Å². The van der Waals surface area contributed by atoms with E-state index in [4.69, 9.17) is 5.11 Å². The molecule has 0 bridgehead atoms. The first-order chi connectivity index (χ1) is 10.9. The zero-order chi connectivity index (χ0) is 16.6. The Balaban J connectivity index is 1.69. The second-order valence-electron chi connectivity index (χ2n) is 6.35. The van der Waals surface area contributed by atoms with Gasteiger partial charge in [-0.3, -0.25) is 4.79 Å². The number of hydrogen-bond donors (Lipinski definition) is 2. The van der Waals surface area contributed by atoms with E-state index >= 15 is 0 Å². The summed E-state index contributed by atoms with van der Waals surface area (Å²) in [5, 5.41) is 18.8. The van der Waals surface area contributed by atoms with Crippen LogP contribution in [0.25, 0.3) is 0 Å².